The van der Waals surface area contributed by atoms with Gasteiger partial charge < -0.3 is 19.2 Å². The Morgan fingerprint density at radius 3 is 3.00 bits per heavy atom. The van der Waals surface area contributed by atoms with E-state index in [9.17, 15) is 0 Å². The van der Waals surface area contributed by atoms with Crippen LogP contribution in [-0.4, -0.2) is 40.3 Å². The molecule has 0 saturated carbocycles. The van der Waals surface area contributed by atoms with Crippen molar-refractivity contribution in [1.82, 2.24) is 19.9 Å². The highest BCUT2D eigenvalue weighted by Crippen LogP contribution is 2.40. The number of hydrogen-bond donors (Lipinski definition) is 1. The van der Waals surface area contributed by atoms with Gasteiger partial charge in [0.2, 0.25) is 0 Å². The van der Waals surface area contributed by atoms with Crippen molar-refractivity contribution >= 4 is 0 Å². The van der Waals surface area contributed by atoms with Gasteiger partial charge in [0.1, 0.15) is 19.8 Å². The zero-order valence-corrected chi connectivity index (χ0v) is 14.5. The number of nitrogens with zero attached hydrogens (tertiary/aromatic N) is 3. The highest BCUT2D eigenvalue weighted by atomic mass is 16.6. The fourth-order valence-corrected chi connectivity index (χ4v) is 3.18. The van der Waals surface area contributed by atoms with Crippen LogP contribution >= 0.6 is 0 Å². The number of rotatable bonds is 6. The van der Waals surface area contributed by atoms with Crippen LogP contribution in [0.3, 0.4) is 0 Å². The van der Waals surface area contributed by atoms with Crippen molar-refractivity contribution in [3.8, 4) is 11.5 Å². The number of imidazole rings is 1. The van der Waals surface area contributed by atoms with Crippen LogP contribution in [0.25, 0.3) is 0 Å². The first-order valence-corrected chi connectivity index (χ1v) is 8.51. The molecule has 0 radical (unpaired) electrons. The van der Waals surface area contributed by atoms with E-state index in [1.54, 1.807) is 19.6 Å². The first kappa shape index (κ1) is 16.5. The van der Waals surface area contributed by atoms with Gasteiger partial charge in [-0.2, -0.15) is 0 Å². The Hall–Kier alpha value is -2.93. The second kappa shape index (κ2) is 7.53. The number of aromatic amines is 1. The molecule has 134 valence electrons. The smallest absolute Gasteiger partial charge is 0.165 e. The number of para-hydroxylation sites is 1. The maximum atomic E-state index is 5.92. The molecule has 0 amide bonds. The third-order valence-electron chi connectivity index (χ3n) is 4.32. The average molecular weight is 352 g/mol. The van der Waals surface area contributed by atoms with Gasteiger partial charge in [0.25, 0.3) is 0 Å². The molecule has 0 saturated heterocycles. The maximum Gasteiger partial charge on any atom is 0.165 e. The highest BCUT2D eigenvalue weighted by Gasteiger charge is 2.25. The number of methoxy groups -OCH3 is 1. The van der Waals surface area contributed by atoms with E-state index in [0.29, 0.717) is 32.1 Å². The van der Waals surface area contributed by atoms with Crippen LogP contribution in [0.1, 0.15) is 28.7 Å². The molecule has 1 aliphatic rings. The lowest BCUT2D eigenvalue weighted by molar-refractivity contribution is 0.169. The van der Waals surface area contributed by atoms with Crippen LogP contribution < -0.4 is 9.47 Å². The molecule has 3 heterocycles. The molecular weight excluding hydrogens is 332 g/mol. The van der Waals surface area contributed by atoms with Crippen molar-refractivity contribution in [2.45, 2.75) is 18.9 Å². The van der Waals surface area contributed by atoms with Gasteiger partial charge in [-0.15, -0.1) is 0 Å². The summed E-state index contributed by atoms with van der Waals surface area (Å²) in [4.78, 5) is 16.3. The summed E-state index contributed by atoms with van der Waals surface area (Å²) in [7, 11) is 1.64. The number of H-pyrrole nitrogens is 1. The minimum Gasteiger partial charge on any atom is -0.486 e. The Bertz CT molecular complexity index is 867. The van der Waals surface area contributed by atoms with Crippen LogP contribution in [-0.2, 0) is 17.8 Å². The molecular formula is C19H20N4O3. The maximum absolute atomic E-state index is 5.92. The van der Waals surface area contributed by atoms with Crippen molar-refractivity contribution in [3.63, 3.8) is 0 Å². The largest absolute Gasteiger partial charge is 0.486 e. The van der Waals surface area contributed by atoms with Gasteiger partial charge in [0.15, 0.2) is 17.3 Å². The van der Waals surface area contributed by atoms with Crippen molar-refractivity contribution in [1.29, 1.82) is 0 Å². The second-order valence-corrected chi connectivity index (χ2v) is 6.03. The number of aromatic nitrogens is 4. The van der Waals surface area contributed by atoms with Gasteiger partial charge in [-0.1, -0.05) is 12.1 Å². The standard InChI is InChI=1S/C19H20N4O3/c1-24-11-18-21-6-5-13(23-18)9-15(16-10-20-12-22-16)14-3-2-4-17-19(14)26-8-7-25-17/h2-6,10,12,15H,7-9,11H2,1H3,(H,20,22). The Balaban J connectivity index is 1.72. The fraction of sp³-hybridized carbons (Fsp3) is 0.316. The van der Waals surface area contributed by atoms with Gasteiger partial charge in [-0.3, -0.25) is 0 Å². The van der Waals surface area contributed by atoms with Crippen molar-refractivity contribution < 1.29 is 14.2 Å². The van der Waals surface area contributed by atoms with E-state index in [0.717, 1.165) is 28.5 Å². The number of ether oxygens (including phenoxy) is 3. The fourth-order valence-electron chi connectivity index (χ4n) is 3.18. The van der Waals surface area contributed by atoms with E-state index < -0.39 is 0 Å². The Morgan fingerprint density at radius 2 is 2.15 bits per heavy atom. The molecule has 1 N–H and O–H groups in total. The van der Waals surface area contributed by atoms with Gasteiger partial charge in [0.05, 0.1) is 6.33 Å². The van der Waals surface area contributed by atoms with Gasteiger partial charge in [-0.25, -0.2) is 15.0 Å². The van der Waals surface area contributed by atoms with Crippen molar-refractivity contribution in [3.05, 3.63) is 65.8 Å². The predicted octanol–water partition coefficient (Wildman–Crippen LogP) is 2.49. The molecule has 2 aromatic heterocycles. The molecule has 7 heteroatoms. The first-order valence-electron chi connectivity index (χ1n) is 8.51. The second-order valence-electron chi connectivity index (χ2n) is 6.03. The van der Waals surface area contributed by atoms with Crippen LogP contribution in [0, 0.1) is 0 Å². The predicted molar refractivity (Wildman–Crippen MR) is 94.3 cm³/mol. The SMILES string of the molecule is COCc1nccc(CC(c2cnc[nH]2)c2cccc3c2OCCO3)n1. The minimum atomic E-state index is 0.0134. The summed E-state index contributed by atoms with van der Waals surface area (Å²) in [5.74, 6) is 2.26. The number of nitrogens with one attached hydrogen (secondary N) is 1. The van der Waals surface area contributed by atoms with Crippen LogP contribution in [0.2, 0.25) is 0 Å². The molecule has 1 aliphatic heterocycles. The van der Waals surface area contributed by atoms with Crippen molar-refractivity contribution in [2.24, 2.45) is 0 Å². The van der Waals surface area contributed by atoms with Crippen LogP contribution in [0.4, 0.5) is 0 Å². The van der Waals surface area contributed by atoms with E-state index in [-0.39, 0.29) is 5.92 Å². The Morgan fingerprint density at radius 1 is 1.23 bits per heavy atom. The molecule has 7 nitrogen and oxygen atoms in total. The molecule has 0 bridgehead atoms. The third kappa shape index (κ3) is 3.39. The zero-order chi connectivity index (χ0) is 17.8. The number of benzene rings is 1. The molecule has 3 aromatic rings. The van der Waals surface area contributed by atoms with Crippen molar-refractivity contribution in [2.75, 3.05) is 20.3 Å². The lowest BCUT2D eigenvalue weighted by Gasteiger charge is -2.24. The molecule has 1 aromatic carbocycles. The zero-order valence-electron chi connectivity index (χ0n) is 14.5. The van der Waals surface area contributed by atoms with E-state index in [2.05, 4.69) is 26.0 Å². The summed E-state index contributed by atoms with van der Waals surface area (Å²) in [5.41, 5.74) is 2.99. The van der Waals surface area contributed by atoms with Gasteiger partial charge in [0, 0.05) is 48.8 Å². The number of fused-ring (bicyclic) bond motifs is 1. The topological polar surface area (TPSA) is 82.2 Å². The first-order chi connectivity index (χ1) is 12.8. The molecule has 26 heavy (non-hydrogen) atoms. The lowest BCUT2D eigenvalue weighted by Crippen LogP contribution is -2.18. The normalized spacial score (nSPS) is 14.2. The quantitative estimate of drug-likeness (QED) is 0.734. The molecule has 4 rings (SSSR count). The summed E-state index contributed by atoms with van der Waals surface area (Å²) in [6.07, 6.45) is 5.97. The molecule has 0 spiro atoms. The number of hydrogen-bond acceptors (Lipinski definition) is 6. The summed E-state index contributed by atoms with van der Waals surface area (Å²) in [6.45, 7) is 1.50. The van der Waals surface area contributed by atoms with Gasteiger partial charge >= 0.3 is 0 Å². The van der Waals surface area contributed by atoms with E-state index in [1.807, 2.05) is 24.4 Å². The average Bonchev–Trinajstić information content (AvgIpc) is 3.21. The van der Waals surface area contributed by atoms with E-state index in [1.165, 1.54) is 0 Å². The van der Waals surface area contributed by atoms with Crippen LogP contribution in [0.15, 0.2) is 43.0 Å². The summed E-state index contributed by atoms with van der Waals surface area (Å²) >= 11 is 0. The molecule has 1 atom stereocenters. The summed E-state index contributed by atoms with van der Waals surface area (Å²) < 4.78 is 16.8. The van der Waals surface area contributed by atoms with E-state index in [4.69, 9.17) is 14.2 Å². The third-order valence-corrected chi connectivity index (χ3v) is 4.32. The molecule has 0 fully saturated rings. The van der Waals surface area contributed by atoms with E-state index >= 15 is 0 Å². The summed E-state index contributed by atoms with van der Waals surface area (Å²) in [5, 5.41) is 0. The lowest BCUT2D eigenvalue weighted by atomic mass is 9.90. The summed E-state index contributed by atoms with van der Waals surface area (Å²) in [6, 6.07) is 7.91. The Kier molecular flexibility index (Phi) is 4.79. The van der Waals surface area contributed by atoms with Crippen LogP contribution in [0.5, 0.6) is 11.5 Å². The van der Waals surface area contributed by atoms with Gasteiger partial charge in [-0.05, 0) is 12.1 Å². The monoisotopic (exact) mass is 352 g/mol. The molecule has 1 unspecified atom stereocenters. The Labute approximate surface area is 151 Å². The minimum absolute atomic E-state index is 0.0134. The molecule has 0 aliphatic carbocycles. The highest BCUT2D eigenvalue weighted by molar-refractivity contribution is 5.51.